The monoisotopic (exact) mass is 500 g/mol. The zero-order valence-corrected chi connectivity index (χ0v) is 19.1. The third-order valence-electron chi connectivity index (χ3n) is 4.48. The summed E-state index contributed by atoms with van der Waals surface area (Å²) >= 11 is 11.0. The van der Waals surface area contributed by atoms with Gasteiger partial charge < -0.3 is 9.73 Å². The molecule has 0 unspecified atom stereocenters. The van der Waals surface area contributed by atoms with Crippen molar-refractivity contribution in [1.29, 1.82) is 0 Å². The fraction of sp³-hybridized carbons (Fsp3) is 0.130. The normalized spacial score (nSPS) is 10.9. The van der Waals surface area contributed by atoms with Crippen LogP contribution in [-0.2, 0) is 17.6 Å². The third-order valence-corrected chi connectivity index (χ3v) is 6.63. The molecule has 0 aliphatic carbocycles. The zero-order valence-electron chi connectivity index (χ0n) is 15.9. The van der Waals surface area contributed by atoms with Crippen molar-refractivity contribution < 1.29 is 9.21 Å². The van der Waals surface area contributed by atoms with Gasteiger partial charge >= 0.3 is 0 Å². The van der Waals surface area contributed by atoms with Crippen LogP contribution in [-0.4, -0.2) is 10.9 Å². The van der Waals surface area contributed by atoms with Crippen LogP contribution < -0.4 is 5.32 Å². The summed E-state index contributed by atoms with van der Waals surface area (Å²) in [7, 11) is 0. The molecule has 1 N–H and O–H groups in total. The maximum Gasteiger partial charge on any atom is 0.226 e. The number of benzene rings is 2. The number of hydrogen-bond acceptors (Lipinski definition) is 4. The molecular weight excluding hydrogens is 484 g/mol. The molecule has 2 heterocycles. The second-order valence-corrected chi connectivity index (χ2v) is 9.11. The van der Waals surface area contributed by atoms with Gasteiger partial charge in [0, 0.05) is 40.4 Å². The van der Waals surface area contributed by atoms with Crippen LogP contribution >= 0.6 is 38.9 Å². The number of furan rings is 1. The van der Waals surface area contributed by atoms with E-state index in [0.29, 0.717) is 23.0 Å². The number of hydrogen-bond donors (Lipinski definition) is 1. The molecule has 1 amide bonds. The van der Waals surface area contributed by atoms with Gasteiger partial charge in [-0.05, 0) is 45.8 Å². The van der Waals surface area contributed by atoms with E-state index in [1.807, 2.05) is 60.7 Å². The molecule has 0 atom stereocenters. The summed E-state index contributed by atoms with van der Waals surface area (Å²) in [5.74, 6) is 1.51. The molecule has 4 aromatic rings. The number of carbonyl (C=O) groups is 1. The first-order valence-electron chi connectivity index (χ1n) is 9.39. The fourth-order valence-corrected chi connectivity index (χ4v) is 4.30. The van der Waals surface area contributed by atoms with Gasteiger partial charge in [-0.3, -0.25) is 4.79 Å². The summed E-state index contributed by atoms with van der Waals surface area (Å²) in [5, 5.41) is 4.15. The van der Waals surface area contributed by atoms with E-state index in [1.165, 1.54) is 11.3 Å². The smallest absolute Gasteiger partial charge is 0.226 e. The van der Waals surface area contributed by atoms with Crippen LogP contribution in [0.25, 0.3) is 11.3 Å². The van der Waals surface area contributed by atoms with Crippen molar-refractivity contribution >= 4 is 49.9 Å². The topological polar surface area (TPSA) is 55.1 Å². The second kappa shape index (κ2) is 9.60. The van der Waals surface area contributed by atoms with Crippen LogP contribution in [0.4, 0.5) is 5.13 Å². The molecule has 4 nitrogen and oxygen atoms in total. The van der Waals surface area contributed by atoms with Gasteiger partial charge in [0.15, 0.2) is 5.13 Å². The van der Waals surface area contributed by atoms with Gasteiger partial charge in [0.2, 0.25) is 5.91 Å². The van der Waals surface area contributed by atoms with E-state index in [2.05, 4.69) is 26.2 Å². The number of aryl methyl sites for hydroxylation is 1. The SMILES string of the molecule is O=C(CCc1ccc(-c2ccccc2)o1)Nc1ncc(Cc2ccc(Br)c(Cl)c2)s1. The summed E-state index contributed by atoms with van der Waals surface area (Å²) in [6.07, 6.45) is 3.37. The van der Waals surface area contributed by atoms with Crippen molar-refractivity contribution in [3.8, 4) is 11.3 Å². The summed E-state index contributed by atoms with van der Waals surface area (Å²) < 4.78 is 6.72. The molecule has 0 saturated carbocycles. The number of amides is 1. The van der Waals surface area contributed by atoms with Gasteiger partial charge in [0.05, 0.1) is 5.02 Å². The number of carbonyl (C=O) groups excluding carboxylic acids is 1. The summed E-state index contributed by atoms with van der Waals surface area (Å²) in [6.45, 7) is 0. The number of rotatable bonds is 7. The zero-order chi connectivity index (χ0) is 20.9. The third kappa shape index (κ3) is 5.39. The molecule has 0 radical (unpaired) electrons. The highest BCUT2D eigenvalue weighted by Crippen LogP contribution is 2.27. The Kier molecular flexibility index (Phi) is 6.67. The Balaban J connectivity index is 1.29. The first-order chi connectivity index (χ1) is 14.6. The molecule has 30 heavy (non-hydrogen) atoms. The lowest BCUT2D eigenvalue weighted by Gasteiger charge is -2.02. The van der Waals surface area contributed by atoms with Crippen molar-refractivity contribution in [3.63, 3.8) is 0 Å². The molecule has 2 aromatic carbocycles. The van der Waals surface area contributed by atoms with E-state index in [1.54, 1.807) is 6.20 Å². The number of thiazole rings is 1. The number of anilines is 1. The Bertz CT molecular complexity index is 1160. The highest BCUT2D eigenvalue weighted by Gasteiger charge is 2.10. The summed E-state index contributed by atoms with van der Waals surface area (Å²) in [6, 6.07) is 19.6. The Morgan fingerprint density at radius 2 is 1.97 bits per heavy atom. The quantitative estimate of drug-likeness (QED) is 0.297. The highest BCUT2D eigenvalue weighted by molar-refractivity contribution is 9.10. The van der Waals surface area contributed by atoms with E-state index >= 15 is 0 Å². The van der Waals surface area contributed by atoms with Gasteiger partial charge in [-0.25, -0.2) is 4.98 Å². The molecule has 7 heteroatoms. The molecular formula is C23H18BrClN2O2S. The second-order valence-electron chi connectivity index (χ2n) is 6.74. The van der Waals surface area contributed by atoms with E-state index in [9.17, 15) is 4.79 Å². The molecule has 2 aromatic heterocycles. The van der Waals surface area contributed by atoms with Crippen molar-refractivity contribution in [2.24, 2.45) is 0 Å². The maximum atomic E-state index is 12.3. The van der Waals surface area contributed by atoms with Crippen LogP contribution in [0.1, 0.15) is 22.6 Å². The Hall–Kier alpha value is -2.41. The molecule has 0 aliphatic rings. The largest absolute Gasteiger partial charge is 0.461 e. The Labute approximate surface area is 192 Å². The molecule has 0 saturated heterocycles. The number of nitrogens with one attached hydrogen (secondary N) is 1. The molecule has 0 aliphatic heterocycles. The molecule has 0 spiro atoms. The Morgan fingerprint density at radius 3 is 2.77 bits per heavy atom. The van der Waals surface area contributed by atoms with E-state index in [-0.39, 0.29) is 5.91 Å². The van der Waals surface area contributed by atoms with Crippen molar-refractivity contribution in [3.05, 3.63) is 92.6 Å². The minimum Gasteiger partial charge on any atom is -0.461 e. The average molecular weight is 502 g/mol. The van der Waals surface area contributed by atoms with Gasteiger partial charge in [-0.15, -0.1) is 11.3 Å². The van der Waals surface area contributed by atoms with Gasteiger partial charge in [-0.1, -0.05) is 48.0 Å². The minimum absolute atomic E-state index is 0.0831. The molecule has 0 fully saturated rings. The predicted molar refractivity (Wildman–Crippen MR) is 125 cm³/mol. The molecule has 4 rings (SSSR count). The first kappa shape index (κ1) is 20.8. The maximum absolute atomic E-state index is 12.3. The Morgan fingerprint density at radius 1 is 1.13 bits per heavy atom. The summed E-state index contributed by atoms with van der Waals surface area (Å²) in [5.41, 5.74) is 2.12. The van der Waals surface area contributed by atoms with Crippen LogP contribution in [0.15, 0.2) is 75.8 Å². The summed E-state index contributed by atoms with van der Waals surface area (Å²) in [4.78, 5) is 17.7. The van der Waals surface area contributed by atoms with Crippen LogP contribution in [0.5, 0.6) is 0 Å². The average Bonchev–Trinajstić information content (AvgIpc) is 3.39. The number of nitrogens with zero attached hydrogens (tertiary/aromatic N) is 1. The van der Waals surface area contributed by atoms with Crippen molar-refractivity contribution in [1.82, 2.24) is 4.98 Å². The highest BCUT2D eigenvalue weighted by atomic mass is 79.9. The number of aromatic nitrogens is 1. The lowest BCUT2D eigenvalue weighted by atomic mass is 10.1. The lowest BCUT2D eigenvalue weighted by Crippen LogP contribution is -2.11. The van der Waals surface area contributed by atoms with Crippen LogP contribution in [0.2, 0.25) is 5.02 Å². The van der Waals surface area contributed by atoms with Crippen molar-refractivity contribution in [2.45, 2.75) is 19.3 Å². The molecule has 152 valence electrons. The van der Waals surface area contributed by atoms with Crippen LogP contribution in [0, 0.1) is 0 Å². The fourth-order valence-electron chi connectivity index (χ4n) is 2.99. The van der Waals surface area contributed by atoms with E-state index in [4.69, 9.17) is 16.0 Å². The lowest BCUT2D eigenvalue weighted by molar-refractivity contribution is -0.116. The van der Waals surface area contributed by atoms with E-state index in [0.717, 1.165) is 38.4 Å². The molecule has 0 bridgehead atoms. The van der Waals surface area contributed by atoms with Gasteiger partial charge in [0.1, 0.15) is 11.5 Å². The van der Waals surface area contributed by atoms with E-state index < -0.39 is 0 Å². The standard InChI is InChI=1S/C23H18BrClN2O2S/c24-19-9-6-15(13-20(19)25)12-18-14-26-23(30-18)27-22(28)11-8-17-7-10-21(29-17)16-4-2-1-3-5-16/h1-7,9-10,13-14H,8,11-12H2,(H,26,27,28). The minimum atomic E-state index is -0.0831. The van der Waals surface area contributed by atoms with Gasteiger partial charge in [-0.2, -0.15) is 0 Å². The predicted octanol–water partition coefficient (Wildman–Crippen LogP) is 6.98. The van der Waals surface area contributed by atoms with Gasteiger partial charge in [0.25, 0.3) is 0 Å². The van der Waals surface area contributed by atoms with Crippen molar-refractivity contribution in [2.75, 3.05) is 5.32 Å². The van der Waals surface area contributed by atoms with Crippen LogP contribution in [0.3, 0.4) is 0 Å². The first-order valence-corrected chi connectivity index (χ1v) is 11.4. The number of halogens is 2.